The van der Waals surface area contributed by atoms with E-state index in [0.717, 1.165) is 51.3 Å². The first-order valence-electron chi connectivity index (χ1n) is 10.2. The largest absolute Gasteiger partial charge is 0.391 e. The molecule has 2 saturated heterocycles. The smallest absolute Gasteiger partial charge is 0.251 e. The Labute approximate surface area is 167 Å². The third kappa shape index (κ3) is 4.72. The Bertz CT molecular complexity index is 778. The summed E-state index contributed by atoms with van der Waals surface area (Å²) < 4.78 is 0. The van der Waals surface area contributed by atoms with Crippen LogP contribution in [0.25, 0.3) is 0 Å². The van der Waals surface area contributed by atoms with E-state index in [0.29, 0.717) is 18.0 Å². The molecule has 0 spiro atoms. The zero-order valence-corrected chi connectivity index (χ0v) is 16.3. The maximum atomic E-state index is 12.5. The lowest BCUT2D eigenvalue weighted by atomic mass is 10.1. The quantitative estimate of drug-likeness (QED) is 0.810. The number of aliphatic hydroxyl groups excluding tert-OH is 1. The number of likely N-dealkylation sites (tertiary alicyclic amines) is 1. The van der Waals surface area contributed by atoms with Gasteiger partial charge in [-0.05, 0) is 55.1 Å². The van der Waals surface area contributed by atoms with Gasteiger partial charge in [0.05, 0.1) is 6.10 Å². The molecule has 2 aromatic rings. The molecule has 2 aliphatic heterocycles. The van der Waals surface area contributed by atoms with E-state index in [1.165, 1.54) is 5.56 Å². The average molecular weight is 380 g/mol. The van der Waals surface area contributed by atoms with Crippen molar-refractivity contribution in [3.8, 4) is 0 Å². The Morgan fingerprint density at radius 1 is 1.00 bits per heavy atom. The Balaban J connectivity index is 1.23. The standard InChI is InChI=1S/C23H29N3O2/c27-22-11-13-26(17-22)21-8-6-20(7-9-21)23(28)24-14-19-10-12-25(16-19)15-18-4-2-1-3-5-18/h1-9,19,22,27H,10-17H2,(H,24,28). The summed E-state index contributed by atoms with van der Waals surface area (Å²) in [6.45, 7) is 5.37. The number of aliphatic hydroxyl groups is 1. The van der Waals surface area contributed by atoms with Crippen LogP contribution in [0.3, 0.4) is 0 Å². The van der Waals surface area contributed by atoms with Gasteiger partial charge in [-0.2, -0.15) is 0 Å². The van der Waals surface area contributed by atoms with Gasteiger partial charge in [-0.3, -0.25) is 9.69 Å². The SMILES string of the molecule is O=C(NCC1CCN(Cc2ccccc2)C1)c1ccc(N2CCC(O)C2)cc1. The highest BCUT2D eigenvalue weighted by molar-refractivity contribution is 5.94. The van der Waals surface area contributed by atoms with Crippen molar-refractivity contribution in [1.29, 1.82) is 0 Å². The van der Waals surface area contributed by atoms with Gasteiger partial charge in [0.15, 0.2) is 0 Å². The molecule has 0 saturated carbocycles. The normalized spacial score (nSPS) is 22.5. The Morgan fingerprint density at radius 3 is 2.50 bits per heavy atom. The van der Waals surface area contributed by atoms with E-state index in [9.17, 15) is 9.90 Å². The predicted molar refractivity (Wildman–Crippen MR) is 111 cm³/mol. The highest BCUT2D eigenvalue weighted by atomic mass is 16.3. The van der Waals surface area contributed by atoms with Crippen molar-refractivity contribution in [3.05, 3.63) is 65.7 Å². The van der Waals surface area contributed by atoms with E-state index in [2.05, 4.69) is 39.4 Å². The summed E-state index contributed by atoms with van der Waals surface area (Å²) in [5, 5.41) is 12.8. The third-order valence-electron chi connectivity index (χ3n) is 5.83. The summed E-state index contributed by atoms with van der Waals surface area (Å²) in [6, 6.07) is 18.3. The van der Waals surface area contributed by atoms with Gasteiger partial charge in [0.2, 0.25) is 0 Å². The van der Waals surface area contributed by atoms with Gasteiger partial charge in [-0.25, -0.2) is 0 Å². The van der Waals surface area contributed by atoms with Gasteiger partial charge >= 0.3 is 0 Å². The van der Waals surface area contributed by atoms with Crippen molar-refractivity contribution in [2.24, 2.45) is 5.92 Å². The molecule has 5 heteroatoms. The monoisotopic (exact) mass is 379 g/mol. The first-order chi connectivity index (χ1) is 13.7. The van der Waals surface area contributed by atoms with Crippen molar-refractivity contribution in [2.75, 3.05) is 37.6 Å². The van der Waals surface area contributed by atoms with Crippen LogP contribution in [0.5, 0.6) is 0 Å². The van der Waals surface area contributed by atoms with Crippen LogP contribution in [0.15, 0.2) is 54.6 Å². The van der Waals surface area contributed by atoms with Gasteiger partial charge in [-0.1, -0.05) is 30.3 Å². The van der Waals surface area contributed by atoms with Gasteiger partial charge in [-0.15, -0.1) is 0 Å². The number of rotatable bonds is 6. The summed E-state index contributed by atoms with van der Waals surface area (Å²) in [5.74, 6) is 0.507. The van der Waals surface area contributed by atoms with E-state index < -0.39 is 0 Å². The van der Waals surface area contributed by atoms with Crippen LogP contribution in [0.1, 0.15) is 28.8 Å². The van der Waals surface area contributed by atoms with Gasteiger partial charge in [0.25, 0.3) is 5.91 Å². The van der Waals surface area contributed by atoms with Crippen molar-refractivity contribution in [3.63, 3.8) is 0 Å². The fourth-order valence-electron chi connectivity index (χ4n) is 4.20. The minimum Gasteiger partial charge on any atom is -0.391 e. The second-order valence-corrected chi connectivity index (χ2v) is 8.02. The van der Waals surface area contributed by atoms with Crippen LogP contribution >= 0.6 is 0 Å². The number of β-amino-alcohol motifs (C(OH)–C–C–N with tert-alkyl or cyclic N) is 1. The van der Waals surface area contributed by atoms with Crippen molar-refractivity contribution >= 4 is 11.6 Å². The van der Waals surface area contributed by atoms with E-state index in [-0.39, 0.29) is 12.0 Å². The molecule has 0 radical (unpaired) electrons. The zero-order valence-electron chi connectivity index (χ0n) is 16.3. The van der Waals surface area contributed by atoms with E-state index in [4.69, 9.17) is 0 Å². The Hall–Kier alpha value is -2.37. The van der Waals surface area contributed by atoms with Crippen LogP contribution in [-0.4, -0.2) is 54.7 Å². The van der Waals surface area contributed by atoms with Gasteiger partial charge in [0, 0.05) is 44.0 Å². The van der Waals surface area contributed by atoms with Crippen LogP contribution < -0.4 is 10.2 Å². The molecule has 2 fully saturated rings. The van der Waals surface area contributed by atoms with Crippen LogP contribution in [0.2, 0.25) is 0 Å². The van der Waals surface area contributed by atoms with E-state index in [1.54, 1.807) is 0 Å². The highest BCUT2D eigenvalue weighted by Crippen LogP contribution is 2.21. The number of anilines is 1. The van der Waals surface area contributed by atoms with Crippen molar-refractivity contribution in [2.45, 2.75) is 25.5 Å². The number of carbonyl (C=O) groups is 1. The molecule has 28 heavy (non-hydrogen) atoms. The molecular formula is C23H29N3O2. The molecule has 2 N–H and O–H groups in total. The van der Waals surface area contributed by atoms with Crippen LogP contribution in [-0.2, 0) is 6.54 Å². The number of benzene rings is 2. The number of hydrogen-bond acceptors (Lipinski definition) is 4. The maximum Gasteiger partial charge on any atom is 0.251 e. The highest BCUT2D eigenvalue weighted by Gasteiger charge is 2.23. The first kappa shape index (κ1) is 19.0. The minimum atomic E-state index is -0.240. The van der Waals surface area contributed by atoms with Crippen LogP contribution in [0, 0.1) is 5.92 Å². The Kier molecular flexibility index (Phi) is 5.93. The predicted octanol–water partition coefficient (Wildman–Crippen LogP) is 2.51. The summed E-state index contributed by atoms with van der Waals surface area (Å²) in [5.41, 5.74) is 3.11. The number of carbonyl (C=O) groups excluding carboxylic acids is 1. The molecule has 5 nitrogen and oxygen atoms in total. The minimum absolute atomic E-state index is 0.00508. The molecule has 0 bridgehead atoms. The van der Waals surface area contributed by atoms with Crippen molar-refractivity contribution < 1.29 is 9.90 Å². The summed E-state index contributed by atoms with van der Waals surface area (Å²) in [6.07, 6.45) is 1.70. The molecule has 2 aromatic carbocycles. The zero-order chi connectivity index (χ0) is 19.3. The number of nitrogens with one attached hydrogen (secondary N) is 1. The lowest BCUT2D eigenvalue weighted by Gasteiger charge is -2.18. The molecule has 4 rings (SSSR count). The Morgan fingerprint density at radius 2 is 1.79 bits per heavy atom. The molecular weight excluding hydrogens is 350 g/mol. The number of hydrogen-bond donors (Lipinski definition) is 2. The summed E-state index contributed by atoms with van der Waals surface area (Å²) >= 11 is 0. The summed E-state index contributed by atoms with van der Waals surface area (Å²) in [4.78, 5) is 17.1. The molecule has 1 amide bonds. The fraction of sp³-hybridized carbons (Fsp3) is 0.435. The van der Waals surface area contributed by atoms with Crippen molar-refractivity contribution in [1.82, 2.24) is 10.2 Å². The third-order valence-corrected chi connectivity index (χ3v) is 5.83. The maximum absolute atomic E-state index is 12.5. The van der Waals surface area contributed by atoms with Gasteiger partial charge < -0.3 is 15.3 Å². The number of amides is 1. The molecule has 148 valence electrons. The average Bonchev–Trinajstić information content (AvgIpc) is 3.36. The molecule has 0 aliphatic carbocycles. The molecule has 2 heterocycles. The first-order valence-corrected chi connectivity index (χ1v) is 10.2. The second kappa shape index (κ2) is 8.76. The van der Waals surface area contributed by atoms with Crippen LogP contribution in [0.4, 0.5) is 5.69 Å². The van der Waals surface area contributed by atoms with Gasteiger partial charge in [0.1, 0.15) is 0 Å². The van der Waals surface area contributed by atoms with E-state index in [1.807, 2.05) is 30.3 Å². The fourth-order valence-corrected chi connectivity index (χ4v) is 4.20. The lowest BCUT2D eigenvalue weighted by molar-refractivity contribution is 0.0947. The molecule has 0 aromatic heterocycles. The number of nitrogens with zero attached hydrogens (tertiary/aromatic N) is 2. The lowest BCUT2D eigenvalue weighted by Crippen LogP contribution is -2.31. The topological polar surface area (TPSA) is 55.8 Å². The molecule has 2 aliphatic rings. The summed E-state index contributed by atoms with van der Waals surface area (Å²) in [7, 11) is 0. The molecule has 2 atom stereocenters. The second-order valence-electron chi connectivity index (χ2n) is 8.02. The molecule has 2 unspecified atom stereocenters. The van der Waals surface area contributed by atoms with E-state index >= 15 is 0 Å².